The fraction of sp³-hybridized carbons (Fsp3) is 0.333. The number of aromatic nitrogens is 1. The Labute approximate surface area is 102 Å². The molecule has 0 aliphatic heterocycles. The number of hydrogen-bond acceptors (Lipinski definition) is 3. The highest BCUT2D eigenvalue weighted by Gasteiger charge is 2.34. The van der Waals surface area contributed by atoms with Gasteiger partial charge in [-0.05, 0) is 6.07 Å². The van der Waals surface area contributed by atoms with Crippen LogP contribution in [0.2, 0.25) is 0 Å². The van der Waals surface area contributed by atoms with Crippen molar-refractivity contribution in [1.29, 1.82) is 5.26 Å². The summed E-state index contributed by atoms with van der Waals surface area (Å²) >= 11 is 2.91. The summed E-state index contributed by atoms with van der Waals surface area (Å²) in [6.07, 6.45) is -5.18. The van der Waals surface area contributed by atoms with Gasteiger partial charge < -0.3 is 4.74 Å². The Hall–Kier alpha value is -1.36. The zero-order chi connectivity index (χ0) is 13.1. The number of nitriles is 1. The van der Waals surface area contributed by atoms with Crippen molar-refractivity contribution in [3.8, 4) is 11.8 Å². The van der Waals surface area contributed by atoms with Crippen LogP contribution in [-0.2, 0) is 11.8 Å². The van der Waals surface area contributed by atoms with Gasteiger partial charge in [-0.25, -0.2) is 4.98 Å². The molecule has 0 saturated heterocycles. The first-order chi connectivity index (χ1) is 7.87. The molecule has 3 nitrogen and oxygen atoms in total. The summed E-state index contributed by atoms with van der Waals surface area (Å²) in [4.78, 5) is 3.22. The maximum Gasteiger partial charge on any atom is 0.573 e. The minimum Gasteiger partial charge on any atom is -0.401 e. The SMILES string of the molecule is N#CCc1cc(CBr)c(OC(F)(F)F)c(F)n1. The Balaban J connectivity index is 3.17. The van der Waals surface area contributed by atoms with E-state index in [0.29, 0.717) is 0 Å². The predicted octanol–water partition coefficient (Wildman–Crippen LogP) is 3.08. The summed E-state index contributed by atoms with van der Waals surface area (Å²) in [6, 6.07) is 2.91. The number of nitrogens with zero attached hydrogens (tertiary/aromatic N) is 2. The van der Waals surface area contributed by atoms with Crippen LogP contribution in [0.15, 0.2) is 6.07 Å². The molecule has 0 N–H and O–H groups in total. The van der Waals surface area contributed by atoms with Gasteiger partial charge in [0.25, 0.3) is 5.95 Å². The van der Waals surface area contributed by atoms with Crippen LogP contribution in [0.5, 0.6) is 5.75 Å². The zero-order valence-corrected chi connectivity index (χ0v) is 9.77. The van der Waals surface area contributed by atoms with E-state index in [4.69, 9.17) is 5.26 Å². The average molecular weight is 313 g/mol. The van der Waals surface area contributed by atoms with Gasteiger partial charge in [0.05, 0.1) is 18.2 Å². The Morgan fingerprint density at radius 1 is 1.47 bits per heavy atom. The van der Waals surface area contributed by atoms with Crippen molar-refractivity contribution in [2.45, 2.75) is 18.1 Å². The lowest BCUT2D eigenvalue weighted by Crippen LogP contribution is -2.19. The molecule has 0 amide bonds. The molecule has 0 radical (unpaired) electrons. The summed E-state index contributed by atoms with van der Waals surface area (Å²) in [6.45, 7) is 0. The summed E-state index contributed by atoms with van der Waals surface area (Å²) in [7, 11) is 0. The van der Waals surface area contributed by atoms with E-state index in [2.05, 4.69) is 25.7 Å². The highest BCUT2D eigenvalue weighted by atomic mass is 79.9. The molecule has 0 spiro atoms. The van der Waals surface area contributed by atoms with E-state index in [1.807, 2.05) is 0 Å². The maximum absolute atomic E-state index is 13.3. The first kappa shape index (κ1) is 13.7. The molecular formula is C9H5BrF4N2O. The molecular weight excluding hydrogens is 308 g/mol. The molecule has 0 aliphatic carbocycles. The Bertz CT molecular complexity index is 456. The lowest BCUT2D eigenvalue weighted by atomic mass is 10.2. The molecule has 1 aromatic heterocycles. The van der Waals surface area contributed by atoms with Crippen molar-refractivity contribution in [3.63, 3.8) is 0 Å². The van der Waals surface area contributed by atoms with Crippen LogP contribution in [0, 0.1) is 17.3 Å². The molecule has 1 heterocycles. The normalized spacial score (nSPS) is 11.1. The maximum atomic E-state index is 13.3. The highest BCUT2D eigenvalue weighted by molar-refractivity contribution is 9.08. The van der Waals surface area contributed by atoms with Crippen molar-refractivity contribution >= 4 is 15.9 Å². The third-order valence-electron chi connectivity index (χ3n) is 1.68. The van der Waals surface area contributed by atoms with E-state index in [1.54, 1.807) is 6.07 Å². The second-order valence-corrected chi connectivity index (χ2v) is 3.47. The lowest BCUT2D eigenvalue weighted by Gasteiger charge is -2.13. The van der Waals surface area contributed by atoms with Gasteiger partial charge >= 0.3 is 6.36 Å². The van der Waals surface area contributed by atoms with Crippen LogP contribution >= 0.6 is 15.9 Å². The summed E-state index contributed by atoms with van der Waals surface area (Å²) in [5.74, 6) is -2.36. The number of pyridine rings is 1. The molecule has 1 aromatic rings. The first-order valence-electron chi connectivity index (χ1n) is 4.24. The molecule has 0 atom stereocenters. The van der Waals surface area contributed by atoms with Gasteiger partial charge in [0.2, 0.25) is 0 Å². The van der Waals surface area contributed by atoms with E-state index in [1.165, 1.54) is 6.07 Å². The number of ether oxygens (including phenoxy) is 1. The monoisotopic (exact) mass is 312 g/mol. The van der Waals surface area contributed by atoms with E-state index in [9.17, 15) is 17.6 Å². The molecule has 0 fully saturated rings. The molecule has 0 aromatic carbocycles. The zero-order valence-electron chi connectivity index (χ0n) is 8.18. The Morgan fingerprint density at radius 2 is 2.12 bits per heavy atom. The van der Waals surface area contributed by atoms with Crippen molar-refractivity contribution in [2.24, 2.45) is 0 Å². The van der Waals surface area contributed by atoms with Gasteiger partial charge in [-0.3, -0.25) is 0 Å². The van der Waals surface area contributed by atoms with Gasteiger partial charge in [0, 0.05) is 10.9 Å². The highest BCUT2D eigenvalue weighted by Crippen LogP contribution is 2.30. The molecule has 0 aliphatic rings. The second kappa shape index (κ2) is 5.31. The van der Waals surface area contributed by atoms with E-state index >= 15 is 0 Å². The van der Waals surface area contributed by atoms with Gasteiger partial charge in [0.15, 0.2) is 5.75 Å². The predicted molar refractivity (Wildman–Crippen MR) is 52.8 cm³/mol. The number of hydrogen-bond donors (Lipinski definition) is 0. The molecule has 0 bridgehead atoms. The fourth-order valence-corrected chi connectivity index (χ4v) is 1.52. The number of halogens is 5. The molecule has 17 heavy (non-hydrogen) atoms. The summed E-state index contributed by atoms with van der Waals surface area (Å²) in [5.41, 5.74) is -0.00551. The van der Waals surface area contributed by atoms with Gasteiger partial charge in [-0.2, -0.15) is 9.65 Å². The van der Waals surface area contributed by atoms with E-state index in [0.717, 1.165) is 0 Å². The molecule has 0 unspecified atom stereocenters. The van der Waals surface area contributed by atoms with Crippen molar-refractivity contribution in [2.75, 3.05) is 0 Å². The van der Waals surface area contributed by atoms with Crippen LogP contribution in [0.3, 0.4) is 0 Å². The third-order valence-corrected chi connectivity index (χ3v) is 2.29. The second-order valence-electron chi connectivity index (χ2n) is 2.91. The first-order valence-corrected chi connectivity index (χ1v) is 5.36. The standard InChI is InChI=1S/C9H5BrF4N2O/c10-4-5-3-6(1-2-15)16-8(11)7(5)17-9(12,13)14/h3H,1,4H2. The summed E-state index contributed by atoms with van der Waals surface area (Å²) in [5, 5.41) is 8.35. The topological polar surface area (TPSA) is 45.9 Å². The van der Waals surface area contributed by atoms with Crippen LogP contribution in [0.4, 0.5) is 17.6 Å². The lowest BCUT2D eigenvalue weighted by molar-refractivity contribution is -0.276. The van der Waals surface area contributed by atoms with Crippen molar-refractivity contribution in [1.82, 2.24) is 4.98 Å². The number of alkyl halides is 4. The quantitative estimate of drug-likeness (QED) is 0.489. The van der Waals surface area contributed by atoms with Crippen molar-refractivity contribution in [3.05, 3.63) is 23.3 Å². The third kappa shape index (κ3) is 3.85. The van der Waals surface area contributed by atoms with Gasteiger partial charge in [0.1, 0.15) is 0 Å². The Kier molecular flexibility index (Phi) is 4.28. The minimum absolute atomic E-state index is 0.0454. The fourth-order valence-electron chi connectivity index (χ4n) is 1.10. The van der Waals surface area contributed by atoms with Crippen molar-refractivity contribution < 1.29 is 22.3 Å². The van der Waals surface area contributed by atoms with Crippen LogP contribution < -0.4 is 4.74 Å². The summed E-state index contributed by atoms with van der Waals surface area (Å²) < 4.78 is 52.8. The van der Waals surface area contributed by atoms with Crippen LogP contribution in [0.25, 0.3) is 0 Å². The minimum atomic E-state index is -4.99. The average Bonchev–Trinajstić information content (AvgIpc) is 2.20. The van der Waals surface area contributed by atoms with E-state index in [-0.39, 0.29) is 23.0 Å². The Morgan fingerprint density at radius 3 is 2.59 bits per heavy atom. The van der Waals surface area contributed by atoms with E-state index < -0.39 is 18.1 Å². The van der Waals surface area contributed by atoms with Crippen LogP contribution in [-0.4, -0.2) is 11.3 Å². The molecule has 92 valence electrons. The van der Waals surface area contributed by atoms with Gasteiger partial charge in [-0.15, -0.1) is 13.2 Å². The molecule has 8 heteroatoms. The molecule has 0 saturated carbocycles. The molecule has 1 rings (SSSR count). The largest absolute Gasteiger partial charge is 0.573 e. The van der Waals surface area contributed by atoms with Gasteiger partial charge in [-0.1, -0.05) is 15.9 Å². The van der Waals surface area contributed by atoms with Crippen LogP contribution in [0.1, 0.15) is 11.3 Å². The number of rotatable bonds is 3. The smallest absolute Gasteiger partial charge is 0.401 e.